The molecule has 1 aromatic carbocycles. The second-order valence-corrected chi connectivity index (χ2v) is 5.75. The van der Waals surface area contributed by atoms with Gasteiger partial charge < -0.3 is 5.32 Å². The number of piperazine rings is 1. The first kappa shape index (κ1) is 15.6. The van der Waals surface area contributed by atoms with E-state index in [4.69, 9.17) is 0 Å². The van der Waals surface area contributed by atoms with E-state index in [9.17, 15) is 9.18 Å². The quantitative estimate of drug-likeness (QED) is 0.921. The molecule has 0 saturated carbocycles. The van der Waals surface area contributed by atoms with Crippen LogP contribution in [0.25, 0.3) is 0 Å². The van der Waals surface area contributed by atoms with Crippen LogP contribution in [0.2, 0.25) is 0 Å². The van der Waals surface area contributed by atoms with Crippen molar-refractivity contribution in [2.45, 2.75) is 18.9 Å². The standard InChI is InChI=1S/C18H20FN3O/c19-16-7-1-6-15(12-16)17-18(23)21-9-11-22(17)10-3-5-14-4-2-8-20-13-14/h1-2,4,6-8,12-13,17H,3,5,9-11H2,(H,21,23). The van der Waals surface area contributed by atoms with Crippen molar-refractivity contribution in [2.75, 3.05) is 19.6 Å². The van der Waals surface area contributed by atoms with Crippen LogP contribution < -0.4 is 5.32 Å². The highest BCUT2D eigenvalue weighted by Crippen LogP contribution is 2.24. The Hall–Kier alpha value is -2.27. The summed E-state index contributed by atoms with van der Waals surface area (Å²) in [5.41, 5.74) is 1.90. The second kappa shape index (κ2) is 7.33. The number of carbonyl (C=O) groups is 1. The predicted molar refractivity (Wildman–Crippen MR) is 86.3 cm³/mol. The van der Waals surface area contributed by atoms with Crippen molar-refractivity contribution in [3.8, 4) is 0 Å². The number of carbonyl (C=O) groups excluding carboxylic acids is 1. The monoisotopic (exact) mass is 313 g/mol. The first-order valence-electron chi connectivity index (χ1n) is 7.90. The molecule has 0 bridgehead atoms. The Bertz CT molecular complexity index is 662. The highest BCUT2D eigenvalue weighted by molar-refractivity contribution is 5.83. The molecular formula is C18H20FN3O. The Morgan fingerprint density at radius 3 is 3.00 bits per heavy atom. The van der Waals surface area contributed by atoms with Gasteiger partial charge in [0.15, 0.2) is 0 Å². The van der Waals surface area contributed by atoms with E-state index in [1.807, 2.05) is 18.3 Å². The van der Waals surface area contributed by atoms with Gasteiger partial charge in [0.05, 0.1) is 0 Å². The summed E-state index contributed by atoms with van der Waals surface area (Å²) in [6.45, 7) is 2.21. The van der Waals surface area contributed by atoms with Crippen LogP contribution in [0, 0.1) is 5.82 Å². The highest BCUT2D eigenvalue weighted by atomic mass is 19.1. The smallest absolute Gasteiger partial charge is 0.242 e. The van der Waals surface area contributed by atoms with Crippen molar-refractivity contribution < 1.29 is 9.18 Å². The van der Waals surface area contributed by atoms with Gasteiger partial charge in [-0.1, -0.05) is 18.2 Å². The molecule has 5 heteroatoms. The third kappa shape index (κ3) is 3.93. The minimum absolute atomic E-state index is 0.0526. The summed E-state index contributed by atoms with van der Waals surface area (Å²) in [6.07, 6.45) is 5.48. The summed E-state index contributed by atoms with van der Waals surface area (Å²) in [5.74, 6) is -0.362. The maximum atomic E-state index is 13.5. The van der Waals surface area contributed by atoms with Gasteiger partial charge in [-0.3, -0.25) is 14.7 Å². The molecule has 1 aliphatic rings. The lowest BCUT2D eigenvalue weighted by molar-refractivity contribution is -0.129. The van der Waals surface area contributed by atoms with E-state index < -0.39 is 6.04 Å². The molecule has 2 aromatic rings. The molecule has 120 valence electrons. The first-order valence-corrected chi connectivity index (χ1v) is 7.90. The van der Waals surface area contributed by atoms with E-state index in [-0.39, 0.29) is 11.7 Å². The summed E-state index contributed by atoms with van der Waals surface area (Å²) in [4.78, 5) is 18.5. The van der Waals surface area contributed by atoms with Gasteiger partial charge in [0.2, 0.25) is 5.91 Å². The van der Waals surface area contributed by atoms with Crippen molar-refractivity contribution in [2.24, 2.45) is 0 Å². The highest BCUT2D eigenvalue weighted by Gasteiger charge is 2.30. The van der Waals surface area contributed by atoms with Crippen molar-refractivity contribution in [3.05, 3.63) is 65.7 Å². The number of amides is 1. The molecule has 3 rings (SSSR count). The van der Waals surface area contributed by atoms with Gasteiger partial charge in [-0.2, -0.15) is 0 Å². The van der Waals surface area contributed by atoms with E-state index in [2.05, 4.69) is 21.3 Å². The number of aryl methyl sites for hydroxylation is 1. The van der Waals surface area contributed by atoms with Gasteiger partial charge >= 0.3 is 0 Å². The van der Waals surface area contributed by atoms with Gasteiger partial charge in [0, 0.05) is 25.5 Å². The third-order valence-corrected chi connectivity index (χ3v) is 4.11. The van der Waals surface area contributed by atoms with Gasteiger partial charge in [0.25, 0.3) is 0 Å². The lowest BCUT2D eigenvalue weighted by Crippen LogP contribution is -2.50. The number of aromatic nitrogens is 1. The van der Waals surface area contributed by atoms with Gasteiger partial charge in [-0.15, -0.1) is 0 Å². The summed E-state index contributed by atoms with van der Waals surface area (Å²) < 4.78 is 13.5. The molecule has 1 atom stereocenters. The molecule has 1 aliphatic heterocycles. The minimum Gasteiger partial charge on any atom is -0.353 e. The minimum atomic E-state index is -0.409. The van der Waals surface area contributed by atoms with Crippen LogP contribution in [0.15, 0.2) is 48.8 Å². The Balaban J connectivity index is 1.67. The molecule has 0 spiro atoms. The molecule has 0 radical (unpaired) electrons. The van der Waals surface area contributed by atoms with E-state index in [0.717, 1.165) is 25.9 Å². The number of hydrogen-bond acceptors (Lipinski definition) is 3. The van der Waals surface area contributed by atoms with Crippen LogP contribution in [0.5, 0.6) is 0 Å². The summed E-state index contributed by atoms with van der Waals surface area (Å²) in [6, 6.07) is 9.89. The van der Waals surface area contributed by atoms with Crippen molar-refractivity contribution in [1.29, 1.82) is 0 Å². The normalized spacial score (nSPS) is 18.7. The molecule has 0 aliphatic carbocycles. The zero-order chi connectivity index (χ0) is 16.1. The van der Waals surface area contributed by atoms with Crippen molar-refractivity contribution in [3.63, 3.8) is 0 Å². The van der Waals surface area contributed by atoms with Crippen molar-refractivity contribution in [1.82, 2.24) is 15.2 Å². The molecule has 23 heavy (non-hydrogen) atoms. The van der Waals surface area contributed by atoms with Crippen LogP contribution in [0.1, 0.15) is 23.6 Å². The second-order valence-electron chi connectivity index (χ2n) is 5.75. The van der Waals surface area contributed by atoms with Gasteiger partial charge in [-0.25, -0.2) is 4.39 Å². The Labute approximate surface area is 135 Å². The summed E-state index contributed by atoms with van der Waals surface area (Å²) in [5, 5.41) is 2.88. The van der Waals surface area contributed by atoms with Crippen molar-refractivity contribution >= 4 is 5.91 Å². The Kier molecular flexibility index (Phi) is 4.98. The topological polar surface area (TPSA) is 45.2 Å². The number of hydrogen-bond donors (Lipinski definition) is 1. The average molecular weight is 313 g/mol. The Morgan fingerprint density at radius 2 is 2.22 bits per heavy atom. The molecule has 1 saturated heterocycles. The third-order valence-electron chi connectivity index (χ3n) is 4.11. The van der Waals surface area contributed by atoms with Crippen LogP contribution in [0.4, 0.5) is 4.39 Å². The number of rotatable bonds is 5. The van der Waals surface area contributed by atoms with Crippen LogP contribution in [-0.2, 0) is 11.2 Å². The number of halogens is 1. The lowest BCUT2D eigenvalue weighted by atomic mass is 10.0. The summed E-state index contributed by atoms with van der Waals surface area (Å²) in [7, 11) is 0. The number of nitrogens with one attached hydrogen (secondary N) is 1. The zero-order valence-corrected chi connectivity index (χ0v) is 12.9. The fraction of sp³-hybridized carbons (Fsp3) is 0.333. The maximum absolute atomic E-state index is 13.5. The van der Waals surface area contributed by atoms with Crippen LogP contribution >= 0.6 is 0 Å². The fourth-order valence-electron chi connectivity index (χ4n) is 3.03. The van der Waals surface area contributed by atoms with E-state index in [1.165, 1.54) is 17.7 Å². The molecule has 1 aromatic heterocycles. The fourth-order valence-corrected chi connectivity index (χ4v) is 3.03. The number of pyridine rings is 1. The van der Waals surface area contributed by atoms with E-state index in [0.29, 0.717) is 12.1 Å². The molecule has 1 fully saturated rings. The van der Waals surface area contributed by atoms with Gasteiger partial charge in [-0.05, 0) is 48.7 Å². The number of benzene rings is 1. The SMILES string of the molecule is O=C1NCCN(CCCc2cccnc2)C1c1cccc(F)c1. The van der Waals surface area contributed by atoms with Crippen LogP contribution in [-0.4, -0.2) is 35.4 Å². The van der Waals surface area contributed by atoms with E-state index >= 15 is 0 Å². The lowest BCUT2D eigenvalue weighted by Gasteiger charge is -2.35. The van der Waals surface area contributed by atoms with Crippen LogP contribution in [0.3, 0.4) is 0 Å². The molecule has 4 nitrogen and oxygen atoms in total. The summed E-state index contributed by atoms with van der Waals surface area (Å²) >= 11 is 0. The molecular weight excluding hydrogens is 293 g/mol. The predicted octanol–water partition coefficient (Wildman–Crippen LogP) is 2.33. The zero-order valence-electron chi connectivity index (χ0n) is 12.9. The first-order chi connectivity index (χ1) is 11.2. The molecule has 2 heterocycles. The average Bonchev–Trinajstić information content (AvgIpc) is 2.56. The Morgan fingerprint density at radius 1 is 1.30 bits per heavy atom. The van der Waals surface area contributed by atoms with E-state index in [1.54, 1.807) is 12.3 Å². The molecule has 1 unspecified atom stereocenters. The molecule has 1 N–H and O–H groups in total. The van der Waals surface area contributed by atoms with Gasteiger partial charge in [0.1, 0.15) is 11.9 Å². The number of nitrogens with zero attached hydrogens (tertiary/aromatic N) is 2. The maximum Gasteiger partial charge on any atom is 0.242 e. The molecule has 1 amide bonds. The largest absolute Gasteiger partial charge is 0.353 e.